The molecule has 0 aliphatic heterocycles. The Kier molecular flexibility index (Phi) is 7.77. The van der Waals surface area contributed by atoms with Gasteiger partial charge in [-0.15, -0.1) is 0 Å². The molecule has 1 aromatic rings. The number of carbonyl (C=O) groups is 1. The Morgan fingerprint density at radius 1 is 1.29 bits per heavy atom. The van der Waals surface area contributed by atoms with Crippen LogP contribution >= 0.6 is 0 Å². The predicted molar refractivity (Wildman–Crippen MR) is 49.4 cm³/mol. The summed E-state index contributed by atoms with van der Waals surface area (Å²) in [7, 11) is 0. The fraction of sp³-hybridized carbons (Fsp3) is 0.364. The van der Waals surface area contributed by atoms with Crippen LogP contribution < -0.4 is 56.5 Å². The van der Waals surface area contributed by atoms with Crippen LogP contribution in [-0.4, -0.2) is 5.97 Å². The Bertz CT molecular complexity index is 280. The molecule has 0 N–H and O–H groups in total. The molecule has 0 aliphatic rings. The van der Waals surface area contributed by atoms with E-state index in [1.54, 1.807) is 12.1 Å². The molecule has 0 aromatic heterocycles. The third kappa shape index (κ3) is 4.71. The standard InChI is InChI=1S/C11H14O2.K/c1-2-3-4-9-5-7-10(8-6-9)11(12)13;/h5-8H,2-4H2,1H3,(H,12,13);/q;+1/p-1. The monoisotopic (exact) mass is 216 g/mol. The normalized spacial score (nSPS) is 9.21. The van der Waals surface area contributed by atoms with Gasteiger partial charge in [0.1, 0.15) is 0 Å². The second-order valence-corrected chi connectivity index (χ2v) is 3.09. The average Bonchev–Trinajstić information content (AvgIpc) is 2.15. The van der Waals surface area contributed by atoms with E-state index < -0.39 is 5.97 Å². The van der Waals surface area contributed by atoms with Gasteiger partial charge < -0.3 is 9.90 Å². The molecule has 0 unspecified atom stereocenters. The van der Waals surface area contributed by atoms with Crippen molar-refractivity contribution in [3.05, 3.63) is 35.4 Å². The van der Waals surface area contributed by atoms with E-state index in [2.05, 4.69) is 6.92 Å². The van der Waals surface area contributed by atoms with Crippen molar-refractivity contribution in [2.24, 2.45) is 0 Å². The molecule has 0 atom stereocenters. The van der Waals surface area contributed by atoms with E-state index in [1.807, 2.05) is 12.1 Å². The average molecular weight is 216 g/mol. The summed E-state index contributed by atoms with van der Waals surface area (Å²) >= 11 is 0. The number of rotatable bonds is 4. The molecule has 1 aromatic carbocycles. The van der Waals surface area contributed by atoms with Gasteiger partial charge in [-0.2, -0.15) is 0 Å². The van der Waals surface area contributed by atoms with Gasteiger partial charge in [0, 0.05) is 0 Å². The van der Waals surface area contributed by atoms with E-state index in [9.17, 15) is 9.90 Å². The molecule has 0 saturated heterocycles. The number of carbonyl (C=O) groups excluding carboxylic acids is 1. The Morgan fingerprint density at radius 3 is 2.29 bits per heavy atom. The zero-order chi connectivity index (χ0) is 9.68. The SMILES string of the molecule is CCCCc1ccc(C(=O)[O-])cc1.[K+]. The summed E-state index contributed by atoms with van der Waals surface area (Å²) in [5.41, 5.74) is 1.44. The van der Waals surface area contributed by atoms with Gasteiger partial charge in [0.05, 0.1) is 5.97 Å². The zero-order valence-electron chi connectivity index (χ0n) is 8.75. The summed E-state index contributed by atoms with van der Waals surface area (Å²) in [5.74, 6) is -1.11. The minimum Gasteiger partial charge on any atom is -0.545 e. The Hall–Kier alpha value is 0.326. The summed E-state index contributed by atoms with van der Waals surface area (Å²) < 4.78 is 0. The van der Waals surface area contributed by atoms with Crippen LogP contribution in [0.15, 0.2) is 24.3 Å². The molecule has 1 rings (SSSR count). The van der Waals surface area contributed by atoms with Gasteiger partial charge in [0.2, 0.25) is 0 Å². The van der Waals surface area contributed by atoms with Crippen molar-refractivity contribution in [3.8, 4) is 0 Å². The second-order valence-electron chi connectivity index (χ2n) is 3.09. The van der Waals surface area contributed by atoms with Crippen LogP contribution in [-0.2, 0) is 6.42 Å². The minimum atomic E-state index is -1.11. The van der Waals surface area contributed by atoms with Gasteiger partial charge in [-0.1, -0.05) is 37.6 Å². The van der Waals surface area contributed by atoms with Crippen molar-refractivity contribution in [3.63, 3.8) is 0 Å². The summed E-state index contributed by atoms with van der Waals surface area (Å²) in [4.78, 5) is 10.4. The fourth-order valence-electron chi connectivity index (χ4n) is 1.19. The first-order valence-electron chi connectivity index (χ1n) is 4.54. The third-order valence-corrected chi connectivity index (χ3v) is 2.01. The molecule has 2 nitrogen and oxygen atoms in total. The first-order chi connectivity index (χ1) is 6.24. The number of benzene rings is 1. The Balaban J connectivity index is 0.00000169. The largest absolute Gasteiger partial charge is 1.00 e. The summed E-state index contributed by atoms with van der Waals surface area (Å²) in [6.45, 7) is 2.13. The van der Waals surface area contributed by atoms with Crippen molar-refractivity contribution in [1.82, 2.24) is 0 Å². The van der Waals surface area contributed by atoms with Gasteiger partial charge in [0.25, 0.3) is 0 Å². The topological polar surface area (TPSA) is 40.1 Å². The number of aryl methyl sites for hydroxylation is 1. The smallest absolute Gasteiger partial charge is 0.545 e. The molecule has 0 aliphatic carbocycles. The van der Waals surface area contributed by atoms with E-state index in [4.69, 9.17) is 0 Å². The number of carboxylic acids is 1. The Labute approximate surface area is 127 Å². The van der Waals surface area contributed by atoms with Crippen LogP contribution in [0.3, 0.4) is 0 Å². The quantitative estimate of drug-likeness (QED) is 0.569. The first kappa shape index (κ1) is 14.3. The maximum absolute atomic E-state index is 10.4. The number of hydrogen-bond donors (Lipinski definition) is 0. The molecule has 70 valence electrons. The van der Waals surface area contributed by atoms with Crippen LogP contribution in [0.25, 0.3) is 0 Å². The van der Waals surface area contributed by atoms with Gasteiger partial charge in [-0.05, 0) is 24.0 Å². The van der Waals surface area contributed by atoms with Crippen molar-refractivity contribution in [1.29, 1.82) is 0 Å². The maximum Gasteiger partial charge on any atom is 1.00 e. The summed E-state index contributed by atoms with van der Waals surface area (Å²) in [6.07, 6.45) is 3.32. The van der Waals surface area contributed by atoms with Crippen LogP contribution in [0, 0.1) is 0 Å². The van der Waals surface area contributed by atoms with Crippen molar-refractivity contribution in [2.45, 2.75) is 26.2 Å². The van der Waals surface area contributed by atoms with Crippen LogP contribution in [0.4, 0.5) is 0 Å². The summed E-state index contributed by atoms with van der Waals surface area (Å²) in [6, 6.07) is 6.89. The van der Waals surface area contributed by atoms with Crippen molar-refractivity contribution < 1.29 is 61.3 Å². The van der Waals surface area contributed by atoms with Crippen molar-refractivity contribution >= 4 is 5.97 Å². The van der Waals surface area contributed by atoms with Crippen LogP contribution in [0.2, 0.25) is 0 Å². The summed E-state index contributed by atoms with van der Waals surface area (Å²) in [5, 5.41) is 10.4. The van der Waals surface area contributed by atoms with E-state index in [0.29, 0.717) is 0 Å². The first-order valence-corrected chi connectivity index (χ1v) is 4.54. The van der Waals surface area contributed by atoms with Crippen LogP contribution in [0.5, 0.6) is 0 Å². The van der Waals surface area contributed by atoms with E-state index in [1.165, 1.54) is 5.56 Å². The van der Waals surface area contributed by atoms with E-state index in [-0.39, 0.29) is 56.9 Å². The predicted octanol–water partition coefficient (Wildman–Crippen LogP) is -1.60. The molecular formula is C11H13KO2. The Morgan fingerprint density at radius 2 is 1.86 bits per heavy atom. The zero-order valence-corrected chi connectivity index (χ0v) is 11.9. The number of unbranched alkanes of at least 4 members (excludes halogenated alkanes) is 1. The van der Waals surface area contributed by atoms with Crippen molar-refractivity contribution in [2.75, 3.05) is 0 Å². The third-order valence-electron chi connectivity index (χ3n) is 2.01. The van der Waals surface area contributed by atoms with Gasteiger partial charge in [-0.25, -0.2) is 0 Å². The number of carboxylic acid groups (broad SMARTS) is 1. The molecule has 3 heteroatoms. The number of hydrogen-bond acceptors (Lipinski definition) is 2. The molecule has 0 spiro atoms. The molecule has 0 bridgehead atoms. The van der Waals surface area contributed by atoms with Gasteiger partial charge in [-0.3, -0.25) is 0 Å². The maximum atomic E-state index is 10.4. The molecular weight excluding hydrogens is 203 g/mol. The second kappa shape index (κ2) is 7.60. The van der Waals surface area contributed by atoms with E-state index in [0.717, 1.165) is 19.3 Å². The fourth-order valence-corrected chi connectivity index (χ4v) is 1.19. The van der Waals surface area contributed by atoms with Gasteiger partial charge in [0.15, 0.2) is 0 Å². The molecule has 0 heterocycles. The van der Waals surface area contributed by atoms with E-state index >= 15 is 0 Å². The molecule has 0 fully saturated rings. The molecule has 0 amide bonds. The molecule has 0 saturated carbocycles. The van der Waals surface area contributed by atoms with Gasteiger partial charge >= 0.3 is 51.4 Å². The number of aromatic carboxylic acids is 1. The molecule has 14 heavy (non-hydrogen) atoms. The molecule has 0 radical (unpaired) electrons. The minimum absolute atomic E-state index is 0. The van der Waals surface area contributed by atoms with Crippen LogP contribution in [0.1, 0.15) is 35.7 Å².